The van der Waals surface area contributed by atoms with Crippen molar-refractivity contribution in [1.82, 2.24) is 4.57 Å². The maximum absolute atomic E-state index is 9.68. The Morgan fingerprint density at radius 3 is 1.68 bits per heavy atom. The van der Waals surface area contributed by atoms with Gasteiger partial charge in [-0.2, -0.15) is 5.26 Å². The van der Waals surface area contributed by atoms with Crippen LogP contribution in [-0.4, -0.2) is 12.6 Å². The van der Waals surface area contributed by atoms with E-state index in [9.17, 15) is 5.26 Å². The molecular weight excluding hydrogens is 625 g/mol. The zero-order valence-corrected chi connectivity index (χ0v) is 28.0. The zero-order valence-electron chi connectivity index (χ0n) is 27.0. The molecule has 0 saturated carbocycles. The minimum atomic E-state index is -2.79. The first-order valence-electron chi connectivity index (χ1n) is 16.3. The molecule has 8 aromatic rings. The molecule has 50 heavy (non-hydrogen) atoms. The first-order chi connectivity index (χ1) is 24.7. The lowest BCUT2D eigenvalue weighted by Crippen LogP contribution is -2.74. The third-order valence-electron chi connectivity index (χ3n) is 9.59. The number of nitrogens with zero attached hydrogens (tertiary/aromatic N) is 4. The fourth-order valence-electron chi connectivity index (χ4n) is 7.44. The molecule has 1 aromatic heterocycles. The van der Waals surface area contributed by atoms with Gasteiger partial charge < -0.3 is 4.57 Å². The van der Waals surface area contributed by atoms with Gasteiger partial charge in [0.25, 0.3) is 0 Å². The van der Waals surface area contributed by atoms with E-state index in [1.54, 1.807) is 6.07 Å². The first-order valence-corrected chi connectivity index (χ1v) is 18.3. The maximum Gasteiger partial charge on any atom is 0.217 e. The third-order valence-corrected chi connectivity index (χ3v) is 14.4. The van der Waals surface area contributed by atoms with Crippen LogP contribution in [-0.2, 0) is 0 Å². The second-order valence-electron chi connectivity index (χ2n) is 12.2. The molecule has 1 heterocycles. The Labute approximate surface area is 292 Å². The van der Waals surface area contributed by atoms with Crippen molar-refractivity contribution in [3.63, 3.8) is 0 Å². The van der Waals surface area contributed by atoms with Crippen molar-refractivity contribution in [3.8, 4) is 22.9 Å². The molecule has 8 rings (SSSR count). The van der Waals surface area contributed by atoms with Gasteiger partial charge in [0.1, 0.15) is 0 Å². The Balaban J connectivity index is 1.42. The van der Waals surface area contributed by atoms with Crippen LogP contribution >= 0.6 is 0 Å². The highest BCUT2D eigenvalue weighted by atomic mass is 28.3. The summed E-state index contributed by atoms with van der Waals surface area (Å²) in [6.45, 7) is 16.4. The lowest BCUT2D eigenvalue weighted by Gasteiger charge is -2.34. The van der Waals surface area contributed by atoms with Gasteiger partial charge in [-0.15, -0.1) is 0 Å². The highest BCUT2D eigenvalue weighted by Gasteiger charge is 2.41. The molecule has 0 saturated heterocycles. The van der Waals surface area contributed by atoms with Gasteiger partial charge >= 0.3 is 0 Å². The van der Waals surface area contributed by atoms with Gasteiger partial charge in [0.05, 0.1) is 35.8 Å². The molecule has 0 aliphatic rings. The molecule has 0 N–H and O–H groups in total. The van der Waals surface area contributed by atoms with Crippen molar-refractivity contribution in [2.75, 3.05) is 0 Å². The minimum Gasteiger partial charge on any atom is -0.320 e. The molecule has 0 atom stereocenters. The van der Waals surface area contributed by atoms with E-state index in [0.717, 1.165) is 32.9 Å². The minimum absolute atomic E-state index is 0.300. The Kier molecular flexibility index (Phi) is 7.63. The molecule has 0 amide bonds. The molecular formula is C45H28N4Si. The van der Waals surface area contributed by atoms with E-state index in [-0.39, 0.29) is 0 Å². The normalized spacial score (nSPS) is 11.1. The topological polar surface area (TPSA) is 37.4 Å². The van der Waals surface area contributed by atoms with Crippen molar-refractivity contribution in [2.45, 2.75) is 0 Å². The third kappa shape index (κ3) is 4.80. The summed E-state index contributed by atoms with van der Waals surface area (Å²) in [5, 5.41) is 16.6. The maximum atomic E-state index is 9.68. The van der Waals surface area contributed by atoms with Crippen molar-refractivity contribution in [3.05, 3.63) is 198 Å². The molecule has 0 aliphatic heterocycles. The van der Waals surface area contributed by atoms with Crippen molar-refractivity contribution in [2.24, 2.45) is 0 Å². The van der Waals surface area contributed by atoms with Crippen LogP contribution in [0, 0.1) is 24.5 Å². The SMILES string of the molecule is [C-]#[N+]c1cc(-c2cccc([Si](c3ccccc3)(c3ccccc3)c3ccccc3)c2)cc(-n2c3ccccc3c3cc(C#N)ccc32)c1[N+]#[C-]. The predicted molar refractivity (Wildman–Crippen MR) is 207 cm³/mol. The summed E-state index contributed by atoms with van der Waals surface area (Å²) in [7, 11) is -2.79. The van der Waals surface area contributed by atoms with Gasteiger partial charge in [-0.05, 0) is 62.2 Å². The summed E-state index contributed by atoms with van der Waals surface area (Å²) >= 11 is 0. The summed E-state index contributed by atoms with van der Waals surface area (Å²) in [6, 6.07) is 61.0. The molecule has 7 aromatic carbocycles. The summed E-state index contributed by atoms with van der Waals surface area (Å²) in [6.07, 6.45) is 0. The van der Waals surface area contributed by atoms with E-state index < -0.39 is 8.07 Å². The predicted octanol–water partition coefficient (Wildman–Crippen LogP) is 8.80. The van der Waals surface area contributed by atoms with Crippen LogP contribution in [0.5, 0.6) is 0 Å². The van der Waals surface area contributed by atoms with Crippen LogP contribution < -0.4 is 20.7 Å². The lowest BCUT2D eigenvalue weighted by molar-refractivity contribution is 1.19. The number of hydrogen-bond acceptors (Lipinski definition) is 1. The van der Waals surface area contributed by atoms with E-state index in [1.165, 1.54) is 20.7 Å². The van der Waals surface area contributed by atoms with E-state index in [4.69, 9.17) is 13.1 Å². The van der Waals surface area contributed by atoms with Crippen molar-refractivity contribution in [1.29, 1.82) is 5.26 Å². The van der Waals surface area contributed by atoms with Crippen LogP contribution in [0.3, 0.4) is 0 Å². The largest absolute Gasteiger partial charge is 0.320 e. The first kappa shape index (κ1) is 30.4. The molecule has 0 aliphatic carbocycles. The standard InChI is InChI=1S/C45H28N4Si/c1-47-41-29-34(30-44(45(41)48-2)49-42-24-13-12-23-39(42)40-27-32(31-46)25-26-43(40)49)33-15-14-22-38(28-33)50(35-16-6-3-7-17-35,36-18-8-4-9-19-36)37-20-10-5-11-21-37/h3-30H. The van der Waals surface area contributed by atoms with Gasteiger partial charge in [-0.25, -0.2) is 9.69 Å². The van der Waals surface area contributed by atoms with Gasteiger partial charge in [0.15, 0.2) is 13.8 Å². The quantitative estimate of drug-likeness (QED) is 0.101. The fourth-order valence-corrected chi connectivity index (χ4v) is 12.2. The smallest absolute Gasteiger partial charge is 0.217 e. The number of rotatable bonds is 6. The van der Waals surface area contributed by atoms with E-state index >= 15 is 0 Å². The number of para-hydroxylation sites is 1. The fraction of sp³-hybridized carbons (Fsp3) is 0. The second-order valence-corrected chi connectivity index (χ2v) is 16.0. The van der Waals surface area contributed by atoms with Crippen LogP contribution in [0.4, 0.5) is 11.4 Å². The molecule has 0 unspecified atom stereocenters. The molecule has 0 radical (unpaired) electrons. The number of fused-ring (bicyclic) bond motifs is 3. The molecule has 0 fully saturated rings. The van der Waals surface area contributed by atoms with E-state index in [2.05, 4.69) is 136 Å². The average Bonchev–Trinajstić information content (AvgIpc) is 3.52. The number of hydrogen-bond donors (Lipinski definition) is 0. The zero-order chi connectivity index (χ0) is 34.1. The highest BCUT2D eigenvalue weighted by molar-refractivity contribution is 7.19. The van der Waals surface area contributed by atoms with Crippen LogP contribution in [0.1, 0.15) is 5.56 Å². The Morgan fingerprint density at radius 2 is 1.08 bits per heavy atom. The summed E-state index contributed by atoms with van der Waals surface area (Å²) in [5.74, 6) is 0. The van der Waals surface area contributed by atoms with Gasteiger partial charge in [0.2, 0.25) is 5.69 Å². The van der Waals surface area contributed by atoms with E-state index in [0.29, 0.717) is 22.6 Å². The highest BCUT2D eigenvalue weighted by Crippen LogP contribution is 2.43. The lowest BCUT2D eigenvalue weighted by atomic mass is 10.0. The van der Waals surface area contributed by atoms with E-state index in [1.807, 2.05) is 48.5 Å². The number of aromatic nitrogens is 1. The Hall–Kier alpha value is -6.97. The monoisotopic (exact) mass is 652 g/mol. The second kappa shape index (κ2) is 12.6. The summed E-state index contributed by atoms with van der Waals surface area (Å²) in [4.78, 5) is 7.81. The van der Waals surface area contributed by atoms with Crippen molar-refractivity contribution < 1.29 is 0 Å². The molecule has 0 bridgehead atoms. The number of benzene rings is 7. The van der Waals surface area contributed by atoms with Crippen molar-refractivity contribution >= 4 is 62.0 Å². The van der Waals surface area contributed by atoms with Gasteiger partial charge in [0, 0.05) is 16.5 Å². The van der Waals surface area contributed by atoms with Gasteiger partial charge in [-0.3, -0.25) is 0 Å². The molecule has 5 heteroatoms. The van der Waals surface area contributed by atoms with Crippen LogP contribution in [0.2, 0.25) is 0 Å². The number of nitriles is 1. The van der Waals surface area contributed by atoms with Crippen LogP contribution in [0.25, 0.3) is 48.3 Å². The average molecular weight is 653 g/mol. The molecule has 4 nitrogen and oxygen atoms in total. The Morgan fingerprint density at radius 1 is 0.500 bits per heavy atom. The molecule has 0 spiro atoms. The summed E-state index contributed by atoms with van der Waals surface area (Å²) in [5.41, 5.74) is 5.43. The molecule has 232 valence electrons. The van der Waals surface area contributed by atoms with Crippen LogP contribution in [0.15, 0.2) is 170 Å². The summed E-state index contributed by atoms with van der Waals surface area (Å²) < 4.78 is 2.07. The Bertz CT molecular complexity index is 2580. The van der Waals surface area contributed by atoms with Gasteiger partial charge in [-0.1, -0.05) is 140 Å².